The number of nitro benzene ring substituents is 1. The predicted molar refractivity (Wildman–Crippen MR) is 131 cm³/mol. The molecule has 0 N–H and O–H groups in total. The molecule has 6 heteroatoms. The molecule has 0 spiro atoms. The van der Waals surface area contributed by atoms with Crippen molar-refractivity contribution in [3.05, 3.63) is 81.9 Å². The number of rotatable bonds is 13. The van der Waals surface area contributed by atoms with Crippen LogP contribution in [-0.4, -0.2) is 30.6 Å². The van der Waals surface area contributed by atoms with Gasteiger partial charge >= 0.3 is 5.97 Å². The minimum atomic E-state index is -0.395. The molecule has 0 aromatic heterocycles. The van der Waals surface area contributed by atoms with E-state index in [1.165, 1.54) is 17.8 Å². The highest BCUT2D eigenvalue weighted by molar-refractivity contribution is 5.86. The average molecular weight is 437 g/mol. The van der Waals surface area contributed by atoms with Crippen molar-refractivity contribution in [2.75, 3.05) is 24.6 Å². The second-order valence-corrected chi connectivity index (χ2v) is 7.68. The maximum absolute atomic E-state index is 11.3. The number of non-ortho nitro benzene ring substituents is 1. The van der Waals surface area contributed by atoms with E-state index in [0.717, 1.165) is 49.9 Å². The van der Waals surface area contributed by atoms with E-state index in [1.54, 1.807) is 19.1 Å². The Hall–Kier alpha value is -3.41. The van der Waals surface area contributed by atoms with Crippen molar-refractivity contribution in [2.45, 2.75) is 39.5 Å². The monoisotopic (exact) mass is 436 g/mol. The number of nitro groups is 1. The van der Waals surface area contributed by atoms with Crippen molar-refractivity contribution in [3.63, 3.8) is 0 Å². The van der Waals surface area contributed by atoms with Crippen LogP contribution in [0.4, 0.5) is 11.4 Å². The van der Waals surface area contributed by atoms with Crippen molar-refractivity contribution in [1.29, 1.82) is 0 Å². The summed E-state index contributed by atoms with van der Waals surface area (Å²) in [5.41, 5.74) is 3.72. The third-order valence-electron chi connectivity index (χ3n) is 5.12. The minimum absolute atomic E-state index is 0.0948. The van der Waals surface area contributed by atoms with Gasteiger partial charge < -0.3 is 9.64 Å². The summed E-state index contributed by atoms with van der Waals surface area (Å²) in [4.78, 5) is 24.0. The third-order valence-corrected chi connectivity index (χ3v) is 5.12. The summed E-state index contributed by atoms with van der Waals surface area (Å²) in [6, 6.07) is 14.9. The van der Waals surface area contributed by atoms with Crippen LogP contribution in [0.15, 0.2) is 60.7 Å². The van der Waals surface area contributed by atoms with Crippen LogP contribution in [0.25, 0.3) is 12.2 Å². The van der Waals surface area contributed by atoms with E-state index < -0.39 is 4.92 Å². The van der Waals surface area contributed by atoms with Crippen LogP contribution < -0.4 is 4.90 Å². The second-order valence-electron chi connectivity index (χ2n) is 7.68. The fraction of sp³-hybridized carbons (Fsp3) is 0.346. The number of hydrogen-bond donors (Lipinski definition) is 0. The van der Waals surface area contributed by atoms with Gasteiger partial charge in [-0.05, 0) is 68.5 Å². The van der Waals surface area contributed by atoms with Crippen molar-refractivity contribution < 1.29 is 14.5 Å². The second kappa shape index (κ2) is 13.1. The summed E-state index contributed by atoms with van der Waals surface area (Å²) >= 11 is 0. The Morgan fingerprint density at radius 2 is 1.56 bits per heavy atom. The Balaban J connectivity index is 1.76. The Bertz CT molecular complexity index is 918. The van der Waals surface area contributed by atoms with Gasteiger partial charge in [-0.1, -0.05) is 37.3 Å². The normalized spacial score (nSPS) is 10.8. The minimum Gasteiger partial charge on any atom is -0.462 e. The number of benzene rings is 2. The molecule has 0 heterocycles. The molecule has 0 saturated heterocycles. The number of ether oxygens (including phenoxy) is 1. The lowest BCUT2D eigenvalue weighted by Gasteiger charge is -2.23. The first-order valence-electron chi connectivity index (χ1n) is 11.0. The van der Waals surface area contributed by atoms with Gasteiger partial charge in [-0.25, -0.2) is 4.79 Å². The van der Waals surface area contributed by atoms with Crippen molar-refractivity contribution in [2.24, 2.45) is 0 Å². The summed E-state index contributed by atoms with van der Waals surface area (Å²) in [5.74, 6) is -0.312. The molecule has 0 aliphatic heterocycles. The molecule has 0 saturated carbocycles. The fourth-order valence-electron chi connectivity index (χ4n) is 3.21. The molecular formula is C26H32N2O4. The summed E-state index contributed by atoms with van der Waals surface area (Å²) < 4.78 is 5.11. The summed E-state index contributed by atoms with van der Waals surface area (Å²) in [6.45, 7) is 9.76. The van der Waals surface area contributed by atoms with Gasteiger partial charge in [-0.15, -0.1) is 0 Å². The van der Waals surface area contributed by atoms with E-state index >= 15 is 0 Å². The molecule has 0 radical (unpaired) electrons. The van der Waals surface area contributed by atoms with Gasteiger partial charge in [0.05, 0.1) is 11.5 Å². The van der Waals surface area contributed by atoms with Crippen molar-refractivity contribution in [1.82, 2.24) is 0 Å². The summed E-state index contributed by atoms with van der Waals surface area (Å²) in [7, 11) is 0. The molecule has 0 bridgehead atoms. The van der Waals surface area contributed by atoms with Gasteiger partial charge in [0.25, 0.3) is 5.69 Å². The van der Waals surface area contributed by atoms with Crippen molar-refractivity contribution in [3.8, 4) is 0 Å². The van der Waals surface area contributed by atoms with Gasteiger partial charge in [-0.2, -0.15) is 0 Å². The number of unbranched alkanes of at least 4 members (excludes halogenated alkanes) is 3. The largest absolute Gasteiger partial charge is 0.462 e. The Labute approximate surface area is 190 Å². The number of hydrogen-bond acceptors (Lipinski definition) is 5. The van der Waals surface area contributed by atoms with E-state index in [4.69, 9.17) is 4.74 Å². The summed E-state index contributed by atoms with van der Waals surface area (Å²) in [5, 5.41) is 10.7. The lowest BCUT2D eigenvalue weighted by atomic mass is 10.1. The van der Waals surface area contributed by atoms with Crippen LogP contribution in [0.2, 0.25) is 0 Å². The Kier molecular flexibility index (Phi) is 10.2. The standard InChI is InChI=1S/C26H32N2O4/c1-4-27(19-7-5-6-8-20-32-26(29)21(2)3)24-15-11-22(12-16-24)9-10-23-13-17-25(18-14-23)28(30)31/h9-18H,2,4-8,19-20H2,1,3H3/b10-9+. The SMILES string of the molecule is C=C(C)C(=O)OCCCCCCN(CC)c1ccc(/C=C/c2ccc([N+](=O)[O-])cc2)cc1. The molecule has 2 rings (SSSR count). The van der Waals surface area contributed by atoms with Crippen LogP contribution in [0.1, 0.15) is 50.7 Å². The number of carbonyl (C=O) groups is 1. The molecule has 0 aliphatic rings. The maximum atomic E-state index is 11.3. The van der Waals surface area contributed by atoms with Crippen molar-refractivity contribution >= 4 is 29.5 Å². The van der Waals surface area contributed by atoms with Crippen LogP contribution >= 0.6 is 0 Å². The van der Waals surface area contributed by atoms with Gasteiger partial charge in [0.2, 0.25) is 0 Å². The zero-order chi connectivity index (χ0) is 23.3. The molecule has 2 aromatic rings. The lowest BCUT2D eigenvalue weighted by molar-refractivity contribution is -0.384. The molecule has 2 aromatic carbocycles. The highest BCUT2D eigenvalue weighted by Crippen LogP contribution is 2.19. The van der Waals surface area contributed by atoms with E-state index in [-0.39, 0.29) is 11.7 Å². The third kappa shape index (κ3) is 8.38. The highest BCUT2D eigenvalue weighted by Gasteiger charge is 2.05. The molecule has 32 heavy (non-hydrogen) atoms. The van der Waals surface area contributed by atoms with E-state index in [9.17, 15) is 14.9 Å². The zero-order valence-corrected chi connectivity index (χ0v) is 19.0. The summed E-state index contributed by atoms with van der Waals surface area (Å²) in [6.07, 6.45) is 8.04. The van der Waals surface area contributed by atoms with E-state index in [2.05, 4.69) is 42.7 Å². The smallest absolute Gasteiger partial charge is 0.333 e. The number of carbonyl (C=O) groups excluding carboxylic acids is 1. The average Bonchev–Trinajstić information content (AvgIpc) is 2.80. The maximum Gasteiger partial charge on any atom is 0.333 e. The Morgan fingerprint density at radius 1 is 1.00 bits per heavy atom. The lowest BCUT2D eigenvalue weighted by Crippen LogP contribution is -2.23. The van der Waals surface area contributed by atoms with Crippen LogP contribution in [0, 0.1) is 10.1 Å². The van der Waals surface area contributed by atoms with Crippen LogP contribution in [-0.2, 0) is 9.53 Å². The van der Waals surface area contributed by atoms with E-state index in [1.807, 2.05) is 12.2 Å². The van der Waals surface area contributed by atoms with Gasteiger partial charge in [0.1, 0.15) is 0 Å². The molecule has 0 unspecified atom stereocenters. The zero-order valence-electron chi connectivity index (χ0n) is 19.0. The molecular weight excluding hydrogens is 404 g/mol. The van der Waals surface area contributed by atoms with Gasteiger partial charge in [0, 0.05) is 36.5 Å². The quantitative estimate of drug-likeness (QED) is 0.0924. The molecule has 0 atom stereocenters. The highest BCUT2D eigenvalue weighted by atomic mass is 16.6. The van der Waals surface area contributed by atoms with Crippen LogP contribution in [0.5, 0.6) is 0 Å². The molecule has 0 aliphatic carbocycles. The van der Waals surface area contributed by atoms with E-state index in [0.29, 0.717) is 12.2 Å². The molecule has 0 fully saturated rings. The van der Waals surface area contributed by atoms with Gasteiger partial charge in [-0.3, -0.25) is 10.1 Å². The molecule has 0 amide bonds. The Morgan fingerprint density at radius 3 is 2.09 bits per heavy atom. The number of nitrogens with zero attached hydrogens (tertiary/aromatic N) is 2. The first-order chi connectivity index (χ1) is 15.4. The molecule has 170 valence electrons. The number of esters is 1. The molecule has 6 nitrogen and oxygen atoms in total. The van der Waals surface area contributed by atoms with Gasteiger partial charge in [0.15, 0.2) is 0 Å². The fourth-order valence-corrected chi connectivity index (χ4v) is 3.21. The van der Waals surface area contributed by atoms with Crippen LogP contribution in [0.3, 0.4) is 0 Å². The number of anilines is 1. The topological polar surface area (TPSA) is 72.7 Å². The first-order valence-corrected chi connectivity index (χ1v) is 11.0. The first kappa shape index (κ1) is 24.9. The predicted octanol–water partition coefficient (Wildman–Crippen LogP) is 6.27.